The lowest BCUT2D eigenvalue weighted by Gasteiger charge is -2.40. The Hall–Kier alpha value is -8.66. The number of ether oxygens (including phenoxy) is 1. The first kappa shape index (κ1) is 38.4. The van der Waals surface area contributed by atoms with E-state index in [-0.39, 0.29) is 5.41 Å². The third kappa shape index (κ3) is 5.22. The summed E-state index contributed by atoms with van der Waals surface area (Å²) < 4.78 is 13.7. The molecule has 0 N–H and O–H groups in total. The Labute approximate surface area is 400 Å². The molecular formula is C66H43NO2. The monoisotopic (exact) mass is 881 g/mol. The molecule has 1 aromatic heterocycles. The van der Waals surface area contributed by atoms with Crippen molar-refractivity contribution in [3.8, 4) is 44.9 Å². The van der Waals surface area contributed by atoms with E-state index in [4.69, 9.17) is 9.15 Å². The van der Waals surface area contributed by atoms with Gasteiger partial charge in [0.05, 0.1) is 5.41 Å². The summed E-state index contributed by atoms with van der Waals surface area (Å²) in [4.78, 5) is 2.38. The Morgan fingerprint density at radius 1 is 0.333 bits per heavy atom. The maximum absolute atomic E-state index is 7.18. The molecule has 1 aliphatic heterocycles. The van der Waals surface area contributed by atoms with Crippen molar-refractivity contribution in [1.29, 1.82) is 0 Å². The molecule has 0 unspecified atom stereocenters. The number of hydrogen-bond acceptors (Lipinski definition) is 3. The second kappa shape index (κ2) is 13.9. The number of rotatable bonds is 4. The molecule has 0 amide bonds. The van der Waals surface area contributed by atoms with Crippen LogP contribution in [0.15, 0.2) is 229 Å². The first-order valence-electron chi connectivity index (χ1n) is 24.0. The molecule has 3 nitrogen and oxygen atoms in total. The van der Waals surface area contributed by atoms with E-state index in [2.05, 4.69) is 231 Å². The lowest BCUT2D eigenvalue weighted by atomic mass is 9.65. The first-order chi connectivity index (χ1) is 33.9. The molecule has 0 saturated heterocycles. The van der Waals surface area contributed by atoms with Gasteiger partial charge >= 0.3 is 0 Å². The van der Waals surface area contributed by atoms with Gasteiger partial charge in [-0.3, -0.25) is 0 Å². The zero-order valence-corrected chi connectivity index (χ0v) is 38.1. The average molecular weight is 882 g/mol. The van der Waals surface area contributed by atoms with Crippen LogP contribution in [0.1, 0.15) is 47.2 Å². The highest BCUT2D eigenvalue weighted by Gasteiger charge is 2.52. The summed E-state index contributed by atoms with van der Waals surface area (Å²) in [5.41, 5.74) is 19.3. The van der Waals surface area contributed by atoms with E-state index in [1.165, 1.54) is 72.0 Å². The SMILES string of the molecule is CC1(C)c2ccccc2-c2cc(N(c3ccc(-c4ccc5c(c4)-c4ccccc4C54c5ccc6ccccc6c5Oc5c4ccc4ccccc54)cc3)c3ccc4c(c3)oc3ccccc34)ccc21. The van der Waals surface area contributed by atoms with E-state index in [9.17, 15) is 0 Å². The van der Waals surface area contributed by atoms with Crippen molar-refractivity contribution in [2.45, 2.75) is 24.7 Å². The highest BCUT2D eigenvalue weighted by molar-refractivity contribution is 6.06. The van der Waals surface area contributed by atoms with Crippen molar-refractivity contribution < 1.29 is 9.15 Å². The molecule has 2 heterocycles. The maximum Gasteiger partial charge on any atom is 0.140 e. The molecule has 0 fully saturated rings. The minimum absolute atomic E-state index is 0.0829. The lowest BCUT2D eigenvalue weighted by Crippen LogP contribution is -2.32. The van der Waals surface area contributed by atoms with Gasteiger partial charge in [-0.15, -0.1) is 0 Å². The summed E-state index contributed by atoms with van der Waals surface area (Å²) in [5.74, 6) is 1.86. The molecule has 15 rings (SSSR count). The van der Waals surface area contributed by atoms with Crippen molar-refractivity contribution >= 4 is 60.5 Å². The molecule has 324 valence electrons. The largest absolute Gasteiger partial charge is 0.456 e. The normalized spacial score (nSPS) is 14.3. The second-order valence-corrected chi connectivity index (χ2v) is 19.5. The molecule has 69 heavy (non-hydrogen) atoms. The van der Waals surface area contributed by atoms with Gasteiger partial charge in [-0.2, -0.15) is 0 Å². The highest BCUT2D eigenvalue weighted by atomic mass is 16.5. The minimum Gasteiger partial charge on any atom is -0.456 e. The van der Waals surface area contributed by atoms with Gasteiger partial charge in [-0.1, -0.05) is 184 Å². The summed E-state index contributed by atoms with van der Waals surface area (Å²) in [7, 11) is 0. The molecule has 1 spiro atoms. The zero-order valence-electron chi connectivity index (χ0n) is 38.1. The Morgan fingerprint density at radius 2 is 0.826 bits per heavy atom. The van der Waals surface area contributed by atoms with Crippen molar-refractivity contribution in [3.05, 3.63) is 258 Å². The van der Waals surface area contributed by atoms with Gasteiger partial charge in [0.15, 0.2) is 0 Å². The van der Waals surface area contributed by atoms with Crippen LogP contribution >= 0.6 is 0 Å². The van der Waals surface area contributed by atoms with Gasteiger partial charge in [-0.05, 0) is 115 Å². The van der Waals surface area contributed by atoms with E-state index in [1.54, 1.807) is 0 Å². The van der Waals surface area contributed by atoms with E-state index in [0.717, 1.165) is 66.8 Å². The van der Waals surface area contributed by atoms with Crippen LogP contribution < -0.4 is 9.64 Å². The fourth-order valence-corrected chi connectivity index (χ4v) is 12.5. The van der Waals surface area contributed by atoms with Crippen LogP contribution in [0.4, 0.5) is 17.1 Å². The highest BCUT2D eigenvalue weighted by Crippen LogP contribution is 2.64. The standard InChI is InChI=1S/C66H43NO2/c1-65(2)55-20-10-7-17-49(55)54-38-45(31-36-56(54)65)67(46-30-32-52-51-19-9-12-22-61(51)68-62(52)39-46)44-28-23-40(24-29-44)43-27-33-58-53(37-43)50-18-8-11-21-57(50)66(58)59-34-25-41-13-3-5-15-47(41)63(59)69-64-48-16-6-4-14-42(48)26-35-60(64)66/h3-39H,1-2H3. The molecule has 0 saturated carbocycles. The molecule has 11 aromatic carbocycles. The van der Waals surface area contributed by atoms with Gasteiger partial charge in [0, 0.05) is 61.2 Å². The van der Waals surface area contributed by atoms with Crippen LogP contribution in [0.5, 0.6) is 11.5 Å². The third-order valence-corrected chi connectivity index (χ3v) is 15.7. The van der Waals surface area contributed by atoms with Crippen LogP contribution in [0.25, 0.3) is 76.9 Å². The van der Waals surface area contributed by atoms with Crippen LogP contribution in [0.2, 0.25) is 0 Å². The predicted octanol–water partition coefficient (Wildman–Crippen LogP) is 17.8. The first-order valence-corrected chi connectivity index (χ1v) is 24.0. The van der Waals surface area contributed by atoms with Crippen LogP contribution in [-0.2, 0) is 10.8 Å². The molecule has 3 aliphatic rings. The number of anilines is 3. The second-order valence-electron chi connectivity index (χ2n) is 19.5. The van der Waals surface area contributed by atoms with Gasteiger partial charge in [0.1, 0.15) is 22.7 Å². The molecule has 2 aliphatic carbocycles. The van der Waals surface area contributed by atoms with Crippen molar-refractivity contribution in [2.75, 3.05) is 4.90 Å². The summed E-state index contributed by atoms with van der Waals surface area (Å²) in [6, 6.07) is 82.4. The van der Waals surface area contributed by atoms with Crippen molar-refractivity contribution in [3.63, 3.8) is 0 Å². The van der Waals surface area contributed by atoms with Gasteiger partial charge in [0.25, 0.3) is 0 Å². The fourth-order valence-electron chi connectivity index (χ4n) is 12.5. The van der Waals surface area contributed by atoms with E-state index < -0.39 is 5.41 Å². The summed E-state index contributed by atoms with van der Waals surface area (Å²) >= 11 is 0. The number of nitrogens with zero attached hydrogens (tertiary/aromatic N) is 1. The number of para-hydroxylation sites is 1. The predicted molar refractivity (Wildman–Crippen MR) is 284 cm³/mol. The minimum atomic E-state index is -0.585. The Balaban J connectivity index is 0.890. The summed E-state index contributed by atoms with van der Waals surface area (Å²) in [5, 5.41) is 6.82. The summed E-state index contributed by atoms with van der Waals surface area (Å²) in [6.07, 6.45) is 0. The van der Waals surface area contributed by atoms with Crippen molar-refractivity contribution in [1.82, 2.24) is 0 Å². The van der Waals surface area contributed by atoms with E-state index in [1.807, 2.05) is 12.1 Å². The molecule has 12 aromatic rings. The molecule has 0 atom stereocenters. The molecule has 0 bridgehead atoms. The smallest absolute Gasteiger partial charge is 0.140 e. The third-order valence-electron chi connectivity index (χ3n) is 15.7. The molecule has 3 heteroatoms. The number of benzene rings is 11. The van der Waals surface area contributed by atoms with E-state index in [0.29, 0.717) is 0 Å². The Kier molecular flexibility index (Phi) is 7.77. The van der Waals surface area contributed by atoms with Crippen LogP contribution in [-0.4, -0.2) is 0 Å². The lowest BCUT2D eigenvalue weighted by molar-refractivity contribution is 0.447. The average Bonchev–Trinajstić information content (AvgIpc) is 3.99. The van der Waals surface area contributed by atoms with Gasteiger partial charge < -0.3 is 14.1 Å². The molecule has 0 radical (unpaired) electrons. The number of furan rings is 1. The summed E-state index contributed by atoms with van der Waals surface area (Å²) in [6.45, 7) is 4.68. The Bertz CT molecular complexity index is 4070. The maximum atomic E-state index is 7.18. The molecular weight excluding hydrogens is 839 g/mol. The quantitative estimate of drug-likeness (QED) is 0.176. The van der Waals surface area contributed by atoms with Crippen LogP contribution in [0, 0.1) is 0 Å². The number of hydrogen-bond donors (Lipinski definition) is 0. The van der Waals surface area contributed by atoms with Gasteiger partial charge in [-0.25, -0.2) is 0 Å². The Morgan fingerprint density at radius 3 is 1.57 bits per heavy atom. The van der Waals surface area contributed by atoms with Gasteiger partial charge in [0.2, 0.25) is 0 Å². The van der Waals surface area contributed by atoms with Crippen molar-refractivity contribution in [2.24, 2.45) is 0 Å². The van der Waals surface area contributed by atoms with Crippen LogP contribution in [0.3, 0.4) is 0 Å². The zero-order chi connectivity index (χ0) is 45.6. The fraction of sp³-hybridized carbons (Fsp3) is 0.0606. The number of fused-ring (bicyclic) bond motifs is 19. The topological polar surface area (TPSA) is 25.6 Å². The van der Waals surface area contributed by atoms with E-state index >= 15 is 0 Å².